The molecule has 0 saturated carbocycles. The van der Waals surface area contributed by atoms with Crippen LogP contribution in [0.15, 0.2) is 11.4 Å². The highest BCUT2D eigenvalue weighted by atomic mass is 32.1. The molecule has 0 atom stereocenters. The maximum absolute atomic E-state index is 11.2. The molecule has 0 aliphatic carbocycles. The van der Waals surface area contributed by atoms with Gasteiger partial charge in [-0.1, -0.05) is 0 Å². The van der Waals surface area contributed by atoms with E-state index in [1.54, 1.807) is 0 Å². The topological polar surface area (TPSA) is 55.6 Å². The van der Waals surface area contributed by atoms with Gasteiger partial charge < -0.3 is 10.5 Å². The highest BCUT2D eigenvalue weighted by Gasteiger charge is 2.12. The lowest BCUT2D eigenvalue weighted by Crippen LogP contribution is -2.36. The number of hydrogen-bond acceptors (Lipinski definition) is 4. The molecular weight excluding hydrogens is 236 g/mol. The first-order valence-electron chi connectivity index (χ1n) is 5.93. The molecule has 2 heterocycles. The Kier molecular flexibility index (Phi) is 4.53. The van der Waals surface area contributed by atoms with Gasteiger partial charge in [0, 0.05) is 13.1 Å². The van der Waals surface area contributed by atoms with Crippen LogP contribution < -0.4 is 5.73 Å². The van der Waals surface area contributed by atoms with E-state index in [9.17, 15) is 4.79 Å². The summed E-state index contributed by atoms with van der Waals surface area (Å²) in [4.78, 5) is 14.3. The number of carbonyl (C=O) groups excluding carboxylic acids is 1. The van der Waals surface area contributed by atoms with Gasteiger partial charge in [0.25, 0.3) is 5.91 Å². The van der Waals surface area contributed by atoms with Crippen molar-refractivity contribution in [3.05, 3.63) is 21.9 Å². The van der Waals surface area contributed by atoms with E-state index >= 15 is 0 Å². The smallest absolute Gasteiger partial charge is 0.259 e. The van der Waals surface area contributed by atoms with Crippen molar-refractivity contribution < 1.29 is 9.53 Å². The van der Waals surface area contributed by atoms with Crippen molar-refractivity contribution in [3.8, 4) is 0 Å². The second-order valence-electron chi connectivity index (χ2n) is 4.20. The van der Waals surface area contributed by atoms with Gasteiger partial charge in [0.15, 0.2) is 0 Å². The fourth-order valence-electron chi connectivity index (χ4n) is 2.07. The number of nitrogens with zero attached hydrogens (tertiary/aromatic N) is 1. The van der Waals surface area contributed by atoms with E-state index in [0.717, 1.165) is 51.3 Å². The molecule has 0 spiro atoms. The van der Waals surface area contributed by atoms with Gasteiger partial charge in [-0.2, -0.15) is 0 Å². The molecule has 0 bridgehead atoms. The SMILES string of the molecule is NC(=O)c1sccc1CCCN1CCOCC1. The third-order valence-corrected chi connectivity index (χ3v) is 3.97. The van der Waals surface area contributed by atoms with E-state index in [-0.39, 0.29) is 5.91 Å². The monoisotopic (exact) mass is 254 g/mol. The number of primary amides is 1. The van der Waals surface area contributed by atoms with Crippen LogP contribution in [0.5, 0.6) is 0 Å². The normalized spacial score (nSPS) is 17.2. The van der Waals surface area contributed by atoms with Crippen molar-refractivity contribution in [3.63, 3.8) is 0 Å². The molecule has 94 valence electrons. The van der Waals surface area contributed by atoms with Crippen molar-refractivity contribution in [2.24, 2.45) is 5.73 Å². The van der Waals surface area contributed by atoms with E-state index < -0.39 is 0 Å². The fraction of sp³-hybridized carbons (Fsp3) is 0.583. The zero-order valence-electron chi connectivity index (χ0n) is 9.85. The minimum Gasteiger partial charge on any atom is -0.379 e. The Bertz CT molecular complexity index is 372. The number of hydrogen-bond donors (Lipinski definition) is 1. The number of aryl methyl sites for hydroxylation is 1. The molecule has 0 aromatic carbocycles. The first kappa shape index (κ1) is 12.5. The van der Waals surface area contributed by atoms with Crippen molar-refractivity contribution >= 4 is 17.2 Å². The minimum atomic E-state index is -0.304. The Morgan fingerprint density at radius 1 is 1.47 bits per heavy atom. The average molecular weight is 254 g/mol. The van der Waals surface area contributed by atoms with Crippen molar-refractivity contribution in [1.82, 2.24) is 4.90 Å². The molecule has 1 aromatic heterocycles. The highest BCUT2D eigenvalue weighted by molar-refractivity contribution is 7.12. The highest BCUT2D eigenvalue weighted by Crippen LogP contribution is 2.17. The number of rotatable bonds is 5. The Labute approximate surface area is 105 Å². The predicted molar refractivity (Wildman–Crippen MR) is 68.4 cm³/mol. The molecule has 1 aliphatic rings. The number of amides is 1. The zero-order valence-corrected chi connectivity index (χ0v) is 10.7. The first-order valence-corrected chi connectivity index (χ1v) is 6.81. The summed E-state index contributed by atoms with van der Waals surface area (Å²) in [5.74, 6) is -0.304. The van der Waals surface area contributed by atoms with Gasteiger partial charge in [-0.25, -0.2) is 0 Å². The number of nitrogens with two attached hydrogens (primary N) is 1. The van der Waals surface area contributed by atoms with Crippen molar-refractivity contribution in [2.75, 3.05) is 32.8 Å². The molecule has 1 aliphatic heterocycles. The molecule has 1 aromatic rings. The van der Waals surface area contributed by atoms with E-state index in [2.05, 4.69) is 4.90 Å². The largest absolute Gasteiger partial charge is 0.379 e. The summed E-state index contributed by atoms with van der Waals surface area (Å²) in [6, 6.07) is 2.00. The third kappa shape index (κ3) is 3.52. The fourth-order valence-corrected chi connectivity index (χ4v) is 2.87. The first-order chi connectivity index (χ1) is 8.27. The molecule has 1 saturated heterocycles. The molecule has 5 heteroatoms. The van der Waals surface area contributed by atoms with Crippen molar-refractivity contribution in [1.29, 1.82) is 0 Å². The molecular formula is C12H18N2O2S. The molecule has 0 radical (unpaired) electrons. The molecule has 2 N–H and O–H groups in total. The van der Waals surface area contributed by atoms with Crippen LogP contribution in [-0.2, 0) is 11.2 Å². The number of ether oxygens (including phenoxy) is 1. The summed E-state index contributed by atoms with van der Waals surface area (Å²) in [6.07, 6.45) is 2.00. The maximum Gasteiger partial charge on any atom is 0.259 e. The Morgan fingerprint density at radius 3 is 2.94 bits per heavy atom. The van der Waals surface area contributed by atoms with Crippen LogP contribution in [0.3, 0.4) is 0 Å². The number of morpholine rings is 1. The summed E-state index contributed by atoms with van der Waals surface area (Å²) >= 11 is 1.44. The lowest BCUT2D eigenvalue weighted by molar-refractivity contribution is 0.0375. The second kappa shape index (κ2) is 6.14. The van der Waals surface area contributed by atoms with Crippen LogP contribution in [0, 0.1) is 0 Å². The van der Waals surface area contributed by atoms with E-state index in [0.29, 0.717) is 4.88 Å². The summed E-state index contributed by atoms with van der Waals surface area (Å²) in [6.45, 7) is 4.78. The van der Waals surface area contributed by atoms with E-state index in [1.807, 2.05) is 11.4 Å². The quantitative estimate of drug-likeness (QED) is 0.856. The van der Waals surface area contributed by atoms with Crippen LogP contribution in [-0.4, -0.2) is 43.7 Å². The van der Waals surface area contributed by atoms with Gasteiger partial charge in [-0.15, -0.1) is 11.3 Å². The second-order valence-corrected chi connectivity index (χ2v) is 5.11. The molecule has 0 unspecified atom stereocenters. The predicted octanol–water partition coefficient (Wildman–Crippen LogP) is 1.11. The van der Waals surface area contributed by atoms with E-state index in [1.165, 1.54) is 11.3 Å². The molecule has 1 amide bonds. The van der Waals surface area contributed by atoms with Gasteiger partial charge in [-0.3, -0.25) is 9.69 Å². The molecule has 2 rings (SSSR count). The van der Waals surface area contributed by atoms with Crippen LogP contribution in [0.1, 0.15) is 21.7 Å². The van der Waals surface area contributed by atoms with Gasteiger partial charge in [0.1, 0.15) is 0 Å². The van der Waals surface area contributed by atoms with Crippen molar-refractivity contribution in [2.45, 2.75) is 12.8 Å². The summed E-state index contributed by atoms with van der Waals surface area (Å²) in [5.41, 5.74) is 6.41. The standard InChI is InChI=1S/C12H18N2O2S/c13-12(15)11-10(3-9-17-11)2-1-4-14-5-7-16-8-6-14/h3,9H,1-2,4-8H2,(H2,13,15). The van der Waals surface area contributed by atoms with Gasteiger partial charge in [0.05, 0.1) is 18.1 Å². The minimum absolute atomic E-state index is 0.304. The van der Waals surface area contributed by atoms with Gasteiger partial charge in [0.2, 0.25) is 0 Å². The molecule has 1 fully saturated rings. The van der Waals surface area contributed by atoms with Gasteiger partial charge in [-0.05, 0) is 36.4 Å². The van der Waals surface area contributed by atoms with Crippen LogP contribution in [0.2, 0.25) is 0 Å². The summed E-state index contributed by atoms with van der Waals surface area (Å²) in [5, 5.41) is 1.93. The van der Waals surface area contributed by atoms with Crippen LogP contribution in [0.25, 0.3) is 0 Å². The Hall–Kier alpha value is -0.910. The van der Waals surface area contributed by atoms with Crippen LogP contribution >= 0.6 is 11.3 Å². The maximum atomic E-state index is 11.2. The number of carbonyl (C=O) groups is 1. The lowest BCUT2D eigenvalue weighted by Gasteiger charge is -2.26. The average Bonchev–Trinajstić information content (AvgIpc) is 2.79. The Balaban J connectivity index is 1.77. The lowest BCUT2D eigenvalue weighted by atomic mass is 10.1. The Morgan fingerprint density at radius 2 is 2.24 bits per heavy atom. The van der Waals surface area contributed by atoms with Gasteiger partial charge >= 0.3 is 0 Å². The molecule has 4 nitrogen and oxygen atoms in total. The third-order valence-electron chi connectivity index (χ3n) is 2.99. The summed E-state index contributed by atoms with van der Waals surface area (Å²) in [7, 11) is 0. The number of thiophene rings is 1. The zero-order chi connectivity index (χ0) is 12.1. The summed E-state index contributed by atoms with van der Waals surface area (Å²) < 4.78 is 5.30. The van der Waals surface area contributed by atoms with Crippen LogP contribution in [0.4, 0.5) is 0 Å². The molecule has 17 heavy (non-hydrogen) atoms. The van der Waals surface area contributed by atoms with E-state index in [4.69, 9.17) is 10.5 Å².